The summed E-state index contributed by atoms with van der Waals surface area (Å²) in [6.07, 6.45) is 3.79. The van der Waals surface area contributed by atoms with Crippen LogP contribution in [-0.4, -0.2) is 41.6 Å². The minimum atomic E-state index is -0.534. The van der Waals surface area contributed by atoms with Crippen LogP contribution >= 0.6 is 0 Å². The molecule has 36 heavy (non-hydrogen) atoms. The van der Waals surface area contributed by atoms with Gasteiger partial charge in [-0.05, 0) is 24.3 Å². The Morgan fingerprint density at radius 2 is 1.89 bits per heavy atom. The zero-order chi connectivity index (χ0) is 25.8. The molecule has 1 atom stereocenters. The Hall–Kier alpha value is -4.47. The Morgan fingerprint density at radius 1 is 1.11 bits per heavy atom. The van der Waals surface area contributed by atoms with E-state index in [1.54, 1.807) is 39.9 Å². The standard InChI is InChI=1S/C22H17N7O3.2C2H6/c23-19(30)12-5-6-14-17(9-12)28(11-25-14)21-24-10-15-20(27-21)29(22(31)26-15)16-7-8-32-18-4-2-1-3-13(16)18;2*1-2/h1-6,9-11,16H,7-8H2,(H2,23,30)(H,26,31);2*1-2H3/t16-;;/m1../s1. The van der Waals surface area contributed by atoms with Gasteiger partial charge in [-0.1, -0.05) is 45.9 Å². The van der Waals surface area contributed by atoms with E-state index in [1.807, 2.05) is 52.0 Å². The van der Waals surface area contributed by atoms with Gasteiger partial charge in [0.1, 0.15) is 17.6 Å². The second kappa shape index (κ2) is 10.4. The van der Waals surface area contributed by atoms with Crippen molar-refractivity contribution < 1.29 is 9.53 Å². The molecule has 0 unspecified atom stereocenters. The second-order valence-electron chi connectivity index (χ2n) is 7.58. The summed E-state index contributed by atoms with van der Waals surface area (Å²) >= 11 is 0. The molecule has 0 aliphatic carbocycles. The van der Waals surface area contributed by atoms with Crippen LogP contribution in [-0.2, 0) is 0 Å². The van der Waals surface area contributed by atoms with Crippen molar-refractivity contribution in [2.45, 2.75) is 40.2 Å². The van der Waals surface area contributed by atoms with Gasteiger partial charge in [-0.2, -0.15) is 4.98 Å². The number of imidazole rings is 2. The molecular weight excluding hydrogens is 458 g/mol. The lowest BCUT2D eigenvalue weighted by Gasteiger charge is -2.26. The number of para-hydroxylation sites is 1. The van der Waals surface area contributed by atoms with Crippen molar-refractivity contribution >= 4 is 28.1 Å². The fraction of sp³-hybridized carbons (Fsp3) is 0.269. The van der Waals surface area contributed by atoms with Crippen LogP contribution in [0.4, 0.5) is 0 Å². The van der Waals surface area contributed by atoms with E-state index in [4.69, 9.17) is 15.5 Å². The number of fused-ring (bicyclic) bond motifs is 3. The number of primary amides is 1. The van der Waals surface area contributed by atoms with E-state index in [9.17, 15) is 9.59 Å². The lowest BCUT2D eigenvalue weighted by atomic mass is 10.0. The van der Waals surface area contributed by atoms with Crippen LogP contribution in [0.5, 0.6) is 5.75 Å². The van der Waals surface area contributed by atoms with Crippen molar-refractivity contribution in [3.63, 3.8) is 0 Å². The van der Waals surface area contributed by atoms with E-state index in [0.717, 1.165) is 11.3 Å². The number of carbonyl (C=O) groups is 1. The molecule has 2 aromatic carbocycles. The quantitative estimate of drug-likeness (QED) is 0.395. The summed E-state index contributed by atoms with van der Waals surface area (Å²) in [6, 6.07) is 12.5. The van der Waals surface area contributed by atoms with Gasteiger partial charge in [0, 0.05) is 17.5 Å². The summed E-state index contributed by atoms with van der Waals surface area (Å²) in [6.45, 7) is 8.50. The number of aromatic nitrogens is 6. The molecule has 3 N–H and O–H groups in total. The molecule has 186 valence electrons. The normalized spacial score (nSPS) is 14.2. The van der Waals surface area contributed by atoms with Crippen LogP contribution in [0.25, 0.3) is 28.1 Å². The third-order valence-corrected chi connectivity index (χ3v) is 5.73. The largest absolute Gasteiger partial charge is 0.493 e. The van der Waals surface area contributed by atoms with Crippen molar-refractivity contribution in [3.8, 4) is 11.7 Å². The summed E-state index contributed by atoms with van der Waals surface area (Å²) in [5, 5.41) is 0. The molecule has 0 radical (unpaired) electrons. The van der Waals surface area contributed by atoms with Gasteiger partial charge >= 0.3 is 5.69 Å². The highest BCUT2D eigenvalue weighted by atomic mass is 16.5. The smallest absolute Gasteiger partial charge is 0.328 e. The van der Waals surface area contributed by atoms with Crippen LogP contribution in [0.2, 0.25) is 0 Å². The predicted octanol–water partition coefficient (Wildman–Crippen LogP) is 3.98. The van der Waals surface area contributed by atoms with E-state index < -0.39 is 5.91 Å². The number of benzene rings is 2. The van der Waals surface area contributed by atoms with Gasteiger partial charge in [0.25, 0.3) is 0 Å². The van der Waals surface area contributed by atoms with Crippen LogP contribution in [0.15, 0.2) is 59.8 Å². The number of nitrogens with two attached hydrogens (primary N) is 1. The number of rotatable bonds is 3. The molecule has 1 aliphatic rings. The molecule has 10 nitrogen and oxygen atoms in total. The summed E-state index contributed by atoms with van der Waals surface area (Å²) in [5.41, 5.74) is 8.78. The van der Waals surface area contributed by atoms with Crippen LogP contribution < -0.4 is 16.2 Å². The summed E-state index contributed by atoms with van der Waals surface area (Å²) in [5.74, 6) is 0.558. The van der Waals surface area contributed by atoms with E-state index in [0.29, 0.717) is 46.7 Å². The van der Waals surface area contributed by atoms with Gasteiger partial charge in [0.2, 0.25) is 11.9 Å². The highest BCUT2D eigenvalue weighted by Crippen LogP contribution is 2.35. The SMILES string of the molecule is CC.CC.NC(=O)c1ccc2ncn(-c3ncc4[nH]c(=O)n([C@@H]5CCOc6ccccc65)c4n3)c2c1. The lowest BCUT2D eigenvalue weighted by Crippen LogP contribution is -2.28. The lowest BCUT2D eigenvalue weighted by molar-refractivity contribution is 0.100. The fourth-order valence-electron chi connectivity index (χ4n) is 4.22. The average molecular weight is 488 g/mol. The average Bonchev–Trinajstić information content (AvgIpc) is 3.50. The van der Waals surface area contributed by atoms with E-state index in [-0.39, 0.29) is 11.7 Å². The molecular formula is C26H29N7O3. The molecule has 3 aromatic heterocycles. The van der Waals surface area contributed by atoms with Gasteiger partial charge in [0.15, 0.2) is 5.65 Å². The molecule has 10 heteroatoms. The zero-order valence-corrected chi connectivity index (χ0v) is 20.7. The summed E-state index contributed by atoms with van der Waals surface area (Å²) < 4.78 is 9.07. The number of aromatic amines is 1. The van der Waals surface area contributed by atoms with Crippen LogP contribution in [0, 0.1) is 0 Å². The minimum Gasteiger partial charge on any atom is -0.493 e. The van der Waals surface area contributed by atoms with Gasteiger partial charge in [-0.15, -0.1) is 0 Å². The Balaban J connectivity index is 0.000000726. The monoisotopic (exact) mass is 487 g/mol. The van der Waals surface area contributed by atoms with E-state index in [2.05, 4.69) is 15.0 Å². The molecule has 5 aromatic rings. The Morgan fingerprint density at radius 3 is 2.67 bits per heavy atom. The maximum absolute atomic E-state index is 12.9. The molecule has 6 rings (SSSR count). The molecule has 0 saturated carbocycles. The maximum Gasteiger partial charge on any atom is 0.328 e. The zero-order valence-electron chi connectivity index (χ0n) is 20.7. The molecule has 0 saturated heterocycles. The maximum atomic E-state index is 12.9. The van der Waals surface area contributed by atoms with Gasteiger partial charge in [0.05, 0.1) is 29.9 Å². The van der Waals surface area contributed by atoms with Crippen LogP contribution in [0.3, 0.4) is 0 Å². The number of hydrogen-bond donors (Lipinski definition) is 2. The molecule has 1 aliphatic heterocycles. The number of H-pyrrole nitrogens is 1. The van der Waals surface area contributed by atoms with E-state index in [1.165, 1.54) is 0 Å². The number of nitrogens with one attached hydrogen (secondary N) is 1. The van der Waals surface area contributed by atoms with Crippen molar-refractivity contribution in [1.29, 1.82) is 0 Å². The van der Waals surface area contributed by atoms with Crippen molar-refractivity contribution in [2.24, 2.45) is 5.73 Å². The highest BCUT2D eigenvalue weighted by molar-refractivity contribution is 5.96. The molecule has 0 spiro atoms. The Bertz CT molecular complexity index is 1580. The van der Waals surface area contributed by atoms with Gasteiger partial charge < -0.3 is 15.5 Å². The van der Waals surface area contributed by atoms with Crippen molar-refractivity contribution in [1.82, 2.24) is 29.1 Å². The predicted molar refractivity (Wildman–Crippen MR) is 139 cm³/mol. The second-order valence-corrected chi connectivity index (χ2v) is 7.58. The first-order valence-corrected chi connectivity index (χ1v) is 12.1. The van der Waals surface area contributed by atoms with Crippen LogP contribution in [0.1, 0.15) is 56.1 Å². The molecule has 1 amide bonds. The number of nitrogens with zero attached hydrogens (tertiary/aromatic N) is 5. The number of amides is 1. The summed E-state index contributed by atoms with van der Waals surface area (Å²) in [7, 11) is 0. The molecule has 4 heterocycles. The third kappa shape index (κ3) is 4.21. The third-order valence-electron chi connectivity index (χ3n) is 5.73. The number of carbonyl (C=O) groups excluding carboxylic acids is 1. The number of ether oxygens (including phenoxy) is 1. The first-order valence-electron chi connectivity index (χ1n) is 12.1. The van der Waals surface area contributed by atoms with Crippen molar-refractivity contribution in [3.05, 3.63) is 76.6 Å². The molecule has 0 fully saturated rings. The van der Waals surface area contributed by atoms with Gasteiger partial charge in [-0.3, -0.25) is 13.9 Å². The highest BCUT2D eigenvalue weighted by Gasteiger charge is 2.27. The van der Waals surface area contributed by atoms with Gasteiger partial charge in [-0.25, -0.2) is 14.8 Å². The van der Waals surface area contributed by atoms with Crippen molar-refractivity contribution in [2.75, 3.05) is 6.61 Å². The first kappa shape index (κ1) is 24.6. The fourth-order valence-corrected chi connectivity index (χ4v) is 4.22. The Labute approximate surface area is 207 Å². The topological polar surface area (TPSA) is 134 Å². The summed E-state index contributed by atoms with van der Waals surface area (Å²) in [4.78, 5) is 40.8. The Kier molecular flexibility index (Phi) is 7.14. The van der Waals surface area contributed by atoms with E-state index >= 15 is 0 Å². The minimum absolute atomic E-state index is 0.218. The molecule has 0 bridgehead atoms. The first-order chi connectivity index (χ1) is 17.6. The number of hydrogen-bond acceptors (Lipinski definition) is 6.